The zero-order chi connectivity index (χ0) is 21.4. The number of nitrogens with two attached hydrogens (primary N) is 1. The lowest BCUT2D eigenvalue weighted by Crippen LogP contribution is -2.29. The highest BCUT2D eigenvalue weighted by atomic mass is 16.1. The Morgan fingerprint density at radius 1 is 1.13 bits per heavy atom. The molecule has 1 aliphatic rings. The third kappa shape index (κ3) is 3.62. The third-order valence-electron chi connectivity index (χ3n) is 5.60. The third-order valence-corrected chi connectivity index (χ3v) is 5.60. The lowest BCUT2D eigenvalue weighted by Gasteiger charge is -2.26. The second-order valence-electron chi connectivity index (χ2n) is 7.77. The predicted molar refractivity (Wildman–Crippen MR) is 119 cm³/mol. The zero-order valence-corrected chi connectivity index (χ0v) is 17.2. The predicted octanol–water partition coefficient (Wildman–Crippen LogP) is 2.49. The van der Waals surface area contributed by atoms with Gasteiger partial charge in [-0.05, 0) is 31.2 Å². The van der Waals surface area contributed by atoms with Crippen molar-refractivity contribution in [1.82, 2.24) is 24.3 Å². The van der Waals surface area contributed by atoms with Gasteiger partial charge >= 0.3 is 0 Å². The molecule has 3 aromatic heterocycles. The molecule has 3 N–H and O–H groups in total. The summed E-state index contributed by atoms with van der Waals surface area (Å²) in [6.45, 7) is 2.39. The number of nitrogens with one attached hydrogen (secondary N) is 1. The average molecular weight is 413 g/mol. The summed E-state index contributed by atoms with van der Waals surface area (Å²) in [5.41, 5.74) is 10.6. The Kier molecular flexibility index (Phi) is 4.83. The Bertz CT molecular complexity index is 1270. The number of carbonyl (C=O) groups excluding carboxylic acids is 1. The summed E-state index contributed by atoms with van der Waals surface area (Å²) in [6.07, 6.45) is 2.48. The van der Waals surface area contributed by atoms with Crippen molar-refractivity contribution in [2.45, 2.75) is 19.5 Å². The molecule has 0 radical (unpaired) electrons. The molecule has 4 heterocycles. The molecule has 4 aromatic rings. The maximum absolute atomic E-state index is 11.8. The molecule has 0 aliphatic carbocycles. The number of hydrogen-bond donors (Lipinski definition) is 2. The molecule has 8 nitrogen and oxygen atoms in total. The van der Waals surface area contributed by atoms with E-state index in [1.807, 2.05) is 24.3 Å². The van der Waals surface area contributed by atoms with Crippen LogP contribution in [0.2, 0.25) is 0 Å². The molecule has 0 fully saturated rings. The summed E-state index contributed by atoms with van der Waals surface area (Å²) in [4.78, 5) is 28.3. The van der Waals surface area contributed by atoms with Gasteiger partial charge in [0.25, 0.3) is 5.91 Å². The van der Waals surface area contributed by atoms with Gasteiger partial charge in [0.1, 0.15) is 23.5 Å². The lowest BCUT2D eigenvalue weighted by molar-refractivity contribution is 0.0994. The van der Waals surface area contributed by atoms with Crippen LogP contribution in [0, 0.1) is 0 Å². The molecular formula is C23H23N7O. The molecular weight excluding hydrogens is 390 g/mol. The van der Waals surface area contributed by atoms with E-state index in [0.717, 1.165) is 42.1 Å². The molecule has 31 heavy (non-hydrogen) atoms. The van der Waals surface area contributed by atoms with Crippen LogP contribution in [0.25, 0.3) is 17.0 Å². The highest BCUT2D eigenvalue weighted by Gasteiger charge is 2.23. The number of primary amides is 1. The second kappa shape index (κ2) is 7.81. The number of imidazole rings is 1. The standard InChI is InChI=1S/C23H23N7O/c1-29-11-10-16-17(13-29)27-23(28-22(16)25-12-15-6-3-2-4-7-15)20-18-8-5-9-19(21(24)31)30(18)14-26-20/h2-9,14H,10-13H2,1H3,(H2,24,31)(H,25,27,28). The van der Waals surface area contributed by atoms with Crippen LogP contribution in [0.5, 0.6) is 0 Å². The Hall–Kier alpha value is -3.78. The van der Waals surface area contributed by atoms with Crippen LogP contribution in [-0.2, 0) is 19.5 Å². The summed E-state index contributed by atoms with van der Waals surface area (Å²) in [5, 5.41) is 3.51. The van der Waals surface area contributed by atoms with Crippen molar-refractivity contribution in [1.29, 1.82) is 0 Å². The summed E-state index contributed by atoms with van der Waals surface area (Å²) < 4.78 is 1.68. The molecule has 0 spiro atoms. The van der Waals surface area contributed by atoms with Gasteiger partial charge in [0, 0.05) is 25.2 Å². The van der Waals surface area contributed by atoms with Gasteiger partial charge in [-0.15, -0.1) is 0 Å². The fourth-order valence-corrected chi connectivity index (χ4v) is 3.99. The van der Waals surface area contributed by atoms with Crippen LogP contribution < -0.4 is 11.1 Å². The van der Waals surface area contributed by atoms with Crippen molar-refractivity contribution in [2.24, 2.45) is 5.73 Å². The zero-order valence-electron chi connectivity index (χ0n) is 17.2. The highest BCUT2D eigenvalue weighted by Crippen LogP contribution is 2.28. The van der Waals surface area contributed by atoms with Gasteiger partial charge in [-0.1, -0.05) is 36.4 Å². The first-order chi connectivity index (χ1) is 15.1. The van der Waals surface area contributed by atoms with Crippen LogP contribution >= 0.6 is 0 Å². The number of anilines is 1. The molecule has 0 atom stereocenters. The number of benzene rings is 1. The van der Waals surface area contributed by atoms with E-state index in [2.05, 4.69) is 34.4 Å². The minimum atomic E-state index is -0.507. The van der Waals surface area contributed by atoms with Gasteiger partial charge in [-0.2, -0.15) is 0 Å². The molecule has 0 saturated heterocycles. The second-order valence-corrected chi connectivity index (χ2v) is 7.77. The quantitative estimate of drug-likeness (QED) is 0.521. The van der Waals surface area contributed by atoms with Gasteiger partial charge < -0.3 is 16.0 Å². The maximum atomic E-state index is 11.8. The fourth-order valence-electron chi connectivity index (χ4n) is 3.99. The van der Waals surface area contributed by atoms with E-state index < -0.39 is 5.91 Å². The molecule has 1 aliphatic heterocycles. The molecule has 0 unspecified atom stereocenters. The van der Waals surface area contributed by atoms with Crippen LogP contribution in [0.1, 0.15) is 27.3 Å². The molecule has 0 saturated carbocycles. The number of amides is 1. The molecule has 1 aromatic carbocycles. The van der Waals surface area contributed by atoms with Crippen LogP contribution in [-0.4, -0.2) is 43.8 Å². The Morgan fingerprint density at radius 3 is 2.77 bits per heavy atom. The Morgan fingerprint density at radius 2 is 1.97 bits per heavy atom. The summed E-state index contributed by atoms with van der Waals surface area (Å²) in [6, 6.07) is 15.6. The first-order valence-corrected chi connectivity index (χ1v) is 10.2. The van der Waals surface area contributed by atoms with E-state index >= 15 is 0 Å². The lowest BCUT2D eigenvalue weighted by atomic mass is 10.1. The monoisotopic (exact) mass is 413 g/mol. The highest BCUT2D eigenvalue weighted by molar-refractivity contribution is 5.92. The number of likely N-dealkylation sites (N-methyl/N-ethyl adjacent to an activating group) is 1. The number of pyridine rings is 1. The van der Waals surface area contributed by atoms with Crippen LogP contribution in [0.3, 0.4) is 0 Å². The van der Waals surface area contributed by atoms with E-state index in [4.69, 9.17) is 15.7 Å². The average Bonchev–Trinajstić information content (AvgIpc) is 3.22. The molecule has 156 valence electrons. The van der Waals surface area contributed by atoms with Crippen molar-refractivity contribution in [3.8, 4) is 11.5 Å². The number of aromatic nitrogens is 4. The van der Waals surface area contributed by atoms with Crippen molar-refractivity contribution in [2.75, 3.05) is 18.9 Å². The SMILES string of the molecule is CN1CCc2c(nc(-c3ncn4c(C(N)=O)cccc34)nc2NCc2ccccc2)C1. The van der Waals surface area contributed by atoms with Crippen molar-refractivity contribution in [3.05, 3.63) is 77.4 Å². The van der Waals surface area contributed by atoms with Gasteiger partial charge in [0.05, 0.1) is 11.2 Å². The molecule has 8 heteroatoms. The van der Waals surface area contributed by atoms with E-state index in [9.17, 15) is 4.79 Å². The van der Waals surface area contributed by atoms with Crippen molar-refractivity contribution < 1.29 is 4.79 Å². The largest absolute Gasteiger partial charge is 0.366 e. The first kappa shape index (κ1) is 19.2. The van der Waals surface area contributed by atoms with Crippen molar-refractivity contribution >= 4 is 17.2 Å². The molecule has 0 bridgehead atoms. The van der Waals surface area contributed by atoms with Gasteiger partial charge in [-0.25, -0.2) is 15.0 Å². The normalized spacial score (nSPS) is 13.8. The van der Waals surface area contributed by atoms with E-state index in [1.165, 1.54) is 5.56 Å². The van der Waals surface area contributed by atoms with Crippen LogP contribution in [0.15, 0.2) is 54.9 Å². The van der Waals surface area contributed by atoms with E-state index in [-0.39, 0.29) is 0 Å². The Balaban J connectivity index is 1.59. The molecule has 5 rings (SSSR count). The van der Waals surface area contributed by atoms with Crippen molar-refractivity contribution in [3.63, 3.8) is 0 Å². The fraction of sp³-hybridized carbons (Fsp3) is 0.217. The van der Waals surface area contributed by atoms with Gasteiger partial charge in [0.15, 0.2) is 5.82 Å². The Labute approximate surface area is 179 Å². The number of hydrogen-bond acceptors (Lipinski definition) is 6. The van der Waals surface area contributed by atoms with E-state index in [1.54, 1.807) is 22.9 Å². The smallest absolute Gasteiger partial charge is 0.265 e. The topological polar surface area (TPSA) is 101 Å². The number of rotatable bonds is 5. The number of fused-ring (bicyclic) bond motifs is 2. The minimum Gasteiger partial charge on any atom is -0.366 e. The summed E-state index contributed by atoms with van der Waals surface area (Å²) in [5.74, 6) is 0.866. The van der Waals surface area contributed by atoms with Gasteiger partial charge in [0.2, 0.25) is 0 Å². The number of carbonyl (C=O) groups is 1. The maximum Gasteiger partial charge on any atom is 0.265 e. The summed E-state index contributed by atoms with van der Waals surface area (Å²) >= 11 is 0. The minimum absolute atomic E-state index is 0.372. The number of nitrogens with zero attached hydrogens (tertiary/aromatic N) is 5. The van der Waals surface area contributed by atoms with Gasteiger partial charge in [-0.3, -0.25) is 9.20 Å². The molecule has 1 amide bonds. The summed E-state index contributed by atoms with van der Waals surface area (Å²) in [7, 11) is 2.09. The van der Waals surface area contributed by atoms with Crippen LogP contribution in [0.4, 0.5) is 5.82 Å². The first-order valence-electron chi connectivity index (χ1n) is 10.2. The van der Waals surface area contributed by atoms with E-state index in [0.29, 0.717) is 23.8 Å².